The van der Waals surface area contributed by atoms with Crippen molar-refractivity contribution >= 4 is 17.4 Å². The van der Waals surface area contributed by atoms with Crippen LogP contribution < -0.4 is 16.4 Å². The number of amides is 1. The van der Waals surface area contributed by atoms with Gasteiger partial charge >= 0.3 is 0 Å². The molecule has 1 heterocycles. The lowest BCUT2D eigenvalue weighted by Gasteiger charge is -2.25. The Kier molecular flexibility index (Phi) is 4.31. The molecule has 5 nitrogen and oxygen atoms in total. The number of anilines is 2. The highest BCUT2D eigenvalue weighted by atomic mass is 16.1. The lowest BCUT2D eigenvalue weighted by Crippen LogP contribution is -2.37. The molecule has 0 aliphatic rings. The van der Waals surface area contributed by atoms with Gasteiger partial charge in [-0.3, -0.25) is 4.79 Å². The molecule has 5 heteroatoms. The molecule has 0 fully saturated rings. The van der Waals surface area contributed by atoms with Crippen LogP contribution in [0, 0.1) is 12.8 Å². The average molecular weight is 236 g/mol. The molecular formula is C12H20N4O. The lowest BCUT2D eigenvalue weighted by atomic mass is 10.2. The van der Waals surface area contributed by atoms with E-state index in [4.69, 9.17) is 11.5 Å². The number of hydrogen-bond donors (Lipinski definition) is 2. The zero-order valence-corrected chi connectivity index (χ0v) is 10.6. The minimum absolute atomic E-state index is 0.138. The molecule has 0 unspecified atom stereocenters. The molecule has 1 aromatic rings. The van der Waals surface area contributed by atoms with E-state index in [9.17, 15) is 4.79 Å². The van der Waals surface area contributed by atoms with Gasteiger partial charge in [-0.15, -0.1) is 0 Å². The molecule has 0 radical (unpaired) electrons. The monoisotopic (exact) mass is 236 g/mol. The zero-order chi connectivity index (χ0) is 13.0. The molecule has 1 amide bonds. The van der Waals surface area contributed by atoms with Gasteiger partial charge in [0.05, 0.1) is 12.2 Å². The highest BCUT2D eigenvalue weighted by Gasteiger charge is 2.15. The molecule has 0 aliphatic heterocycles. The van der Waals surface area contributed by atoms with Crippen molar-refractivity contribution in [3.63, 3.8) is 0 Å². The average Bonchev–Trinajstić information content (AvgIpc) is 2.19. The summed E-state index contributed by atoms with van der Waals surface area (Å²) in [5, 5.41) is 0. The van der Waals surface area contributed by atoms with Crippen LogP contribution >= 0.6 is 0 Å². The molecule has 0 saturated heterocycles. The number of primary amides is 1. The van der Waals surface area contributed by atoms with Crippen LogP contribution in [0.4, 0.5) is 11.5 Å². The summed E-state index contributed by atoms with van der Waals surface area (Å²) in [5.41, 5.74) is 12.8. The predicted octanol–water partition coefficient (Wildman–Crippen LogP) is 0.920. The van der Waals surface area contributed by atoms with E-state index in [0.717, 1.165) is 5.56 Å². The quantitative estimate of drug-likeness (QED) is 0.796. The number of hydrogen-bond acceptors (Lipinski definition) is 4. The first kappa shape index (κ1) is 13.3. The number of nitrogens with zero attached hydrogens (tertiary/aromatic N) is 2. The Balaban J connectivity index is 3.03. The third kappa shape index (κ3) is 3.62. The first-order valence-corrected chi connectivity index (χ1v) is 5.66. The van der Waals surface area contributed by atoms with Crippen LogP contribution in [0.2, 0.25) is 0 Å². The number of carbonyl (C=O) groups excluding carboxylic acids is 1. The number of aryl methyl sites for hydroxylation is 1. The van der Waals surface area contributed by atoms with Gasteiger partial charge in [0.1, 0.15) is 0 Å². The summed E-state index contributed by atoms with van der Waals surface area (Å²) in [7, 11) is 0. The van der Waals surface area contributed by atoms with Crippen LogP contribution in [0.5, 0.6) is 0 Å². The van der Waals surface area contributed by atoms with Gasteiger partial charge in [-0.05, 0) is 24.5 Å². The molecule has 1 aromatic heterocycles. The van der Waals surface area contributed by atoms with Gasteiger partial charge in [0.15, 0.2) is 5.82 Å². The smallest absolute Gasteiger partial charge is 0.236 e. The fourth-order valence-electron chi connectivity index (χ4n) is 1.66. The van der Waals surface area contributed by atoms with Crippen molar-refractivity contribution in [2.45, 2.75) is 20.8 Å². The van der Waals surface area contributed by atoms with Crippen molar-refractivity contribution in [2.75, 3.05) is 23.7 Å². The Morgan fingerprint density at radius 1 is 1.53 bits per heavy atom. The standard InChI is InChI=1S/C12H20N4O/c1-8(2)6-16(7-10(13)17)12-11(14)9(3)4-5-15-12/h4-5,8H,6-7,14H2,1-3H3,(H2,13,17). The number of rotatable bonds is 5. The Morgan fingerprint density at radius 2 is 2.18 bits per heavy atom. The normalized spacial score (nSPS) is 10.6. The van der Waals surface area contributed by atoms with Crippen LogP contribution in [-0.2, 0) is 4.79 Å². The van der Waals surface area contributed by atoms with Crippen molar-refractivity contribution in [3.8, 4) is 0 Å². The summed E-state index contributed by atoms with van der Waals surface area (Å²) in [5.74, 6) is 0.655. The molecule has 0 bridgehead atoms. The molecule has 0 aromatic carbocycles. The van der Waals surface area contributed by atoms with Crippen LogP contribution in [-0.4, -0.2) is 24.0 Å². The molecular weight excluding hydrogens is 216 g/mol. The van der Waals surface area contributed by atoms with Crippen molar-refractivity contribution in [1.29, 1.82) is 0 Å². The van der Waals surface area contributed by atoms with Gasteiger partial charge in [0.25, 0.3) is 0 Å². The zero-order valence-electron chi connectivity index (χ0n) is 10.6. The van der Waals surface area contributed by atoms with Crippen molar-refractivity contribution in [2.24, 2.45) is 11.7 Å². The maximum atomic E-state index is 11.1. The summed E-state index contributed by atoms with van der Waals surface area (Å²) in [4.78, 5) is 17.1. The highest BCUT2D eigenvalue weighted by molar-refractivity contribution is 5.81. The van der Waals surface area contributed by atoms with Crippen LogP contribution in [0.1, 0.15) is 19.4 Å². The second kappa shape index (κ2) is 5.52. The number of carbonyl (C=O) groups is 1. The van der Waals surface area contributed by atoms with E-state index in [1.54, 1.807) is 6.20 Å². The van der Waals surface area contributed by atoms with Gasteiger partial charge in [-0.25, -0.2) is 4.98 Å². The maximum Gasteiger partial charge on any atom is 0.236 e. The second-order valence-electron chi connectivity index (χ2n) is 4.61. The molecule has 4 N–H and O–H groups in total. The fraction of sp³-hybridized carbons (Fsp3) is 0.500. The Hall–Kier alpha value is -1.78. The molecule has 0 spiro atoms. The molecule has 17 heavy (non-hydrogen) atoms. The Labute approximate surface area is 102 Å². The topological polar surface area (TPSA) is 85.2 Å². The molecule has 1 rings (SSSR count). The van der Waals surface area contributed by atoms with E-state index in [1.807, 2.05) is 17.9 Å². The Bertz CT molecular complexity index is 403. The predicted molar refractivity (Wildman–Crippen MR) is 69.6 cm³/mol. The lowest BCUT2D eigenvalue weighted by molar-refractivity contribution is -0.116. The first-order valence-electron chi connectivity index (χ1n) is 5.66. The largest absolute Gasteiger partial charge is 0.396 e. The van der Waals surface area contributed by atoms with Crippen molar-refractivity contribution in [3.05, 3.63) is 17.8 Å². The van der Waals surface area contributed by atoms with Crippen LogP contribution in [0.25, 0.3) is 0 Å². The summed E-state index contributed by atoms with van der Waals surface area (Å²) in [6.45, 7) is 6.89. The molecule has 0 atom stereocenters. The van der Waals surface area contributed by atoms with Crippen LogP contribution in [0.15, 0.2) is 12.3 Å². The number of nitrogen functional groups attached to an aromatic ring is 1. The number of aromatic nitrogens is 1. The van der Waals surface area contributed by atoms with E-state index in [2.05, 4.69) is 18.8 Å². The van der Waals surface area contributed by atoms with Crippen LogP contribution in [0.3, 0.4) is 0 Å². The van der Waals surface area contributed by atoms with Gasteiger partial charge in [-0.1, -0.05) is 13.8 Å². The third-order valence-corrected chi connectivity index (χ3v) is 2.42. The highest BCUT2D eigenvalue weighted by Crippen LogP contribution is 2.23. The van der Waals surface area contributed by atoms with E-state index in [0.29, 0.717) is 24.0 Å². The van der Waals surface area contributed by atoms with Gasteiger partial charge in [0.2, 0.25) is 5.91 Å². The minimum atomic E-state index is -0.381. The molecule has 94 valence electrons. The minimum Gasteiger partial charge on any atom is -0.396 e. The molecule has 0 aliphatic carbocycles. The van der Waals surface area contributed by atoms with Crippen molar-refractivity contribution in [1.82, 2.24) is 4.98 Å². The third-order valence-electron chi connectivity index (χ3n) is 2.42. The van der Waals surface area contributed by atoms with Gasteiger partial charge in [0, 0.05) is 12.7 Å². The molecule has 0 saturated carbocycles. The summed E-state index contributed by atoms with van der Waals surface area (Å²) in [6.07, 6.45) is 1.69. The van der Waals surface area contributed by atoms with Crippen molar-refractivity contribution < 1.29 is 4.79 Å². The number of pyridine rings is 1. The summed E-state index contributed by atoms with van der Waals surface area (Å²) < 4.78 is 0. The van der Waals surface area contributed by atoms with Gasteiger partial charge in [-0.2, -0.15) is 0 Å². The van der Waals surface area contributed by atoms with E-state index in [1.165, 1.54) is 0 Å². The summed E-state index contributed by atoms with van der Waals surface area (Å²) >= 11 is 0. The maximum absolute atomic E-state index is 11.1. The fourth-order valence-corrected chi connectivity index (χ4v) is 1.66. The van der Waals surface area contributed by atoms with E-state index >= 15 is 0 Å². The van der Waals surface area contributed by atoms with E-state index < -0.39 is 0 Å². The SMILES string of the molecule is Cc1ccnc(N(CC(N)=O)CC(C)C)c1N. The Morgan fingerprint density at radius 3 is 2.71 bits per heavy atom. The van der Waals surface area contributed by atoms with Gasteiger partial charge < -0.3 is 16.4 Å². The first-order chi connectivity index (χ1) is 7.91. The second-order valence-corrected chi connectivity index (χ2v) is 4.61. The number of nitrogens with two attached hydrogens (primary N) is 2. The van der Waals surface area contributed by atoms with E-state index in [-0.39, 0.29) is 12.5 Å². The summed E-state index contributed by atoms with van der Waals surface area (Å²) in [6, 6.07) is 1.84.